The Hall–Kier alpha value is -1.76. The first-order valence-corrected chi connectivity index (χ1v) is 9.14. The number of nitrogens with zero attached hydrogens (tertiary/aromatic N) is 1. The van der Waals surface area contributed by atoms with Crippen LogP contribution in [0.5, 0.6) is 11.5 Å². The van der Waals surface area contributed by atoms with Crippen LogP contribution >= 0.6 is 0 Å². The van der Waals surface area contributed by atoms with Crippen LogP contribution in [0.15, 0.2) is 18.2 Å². The van der Waals surface area contributed by atoms with Gasteiger partial charge in [-0.25, -0.2) is 8.42 Å². The third-order valence-corrected chi connectivity index (χ3v) is 4.66. The van der Waals surface area contributed by atoms with Crippen LogP contribution in [0.1, 0.15) is 18.9 Å². The van der Waals surface area contributed by atoms with Crippen molar-refractivity contribution >= 4 is 15.7 Å². The third kappa shape index (κ3) is 4.37. The molecule has 1 heterocycles. The molecule has 1 aromatic rings. The van der Waals surface area contributed by atoms with E-state index in [4.69, 9.17) is 9.47 Å². The first-order chi connectivity index (χ1) is 10.3. The summed E-state index contributed by atoms with van der Waals surface area (Å²) in [5.74, 6) is 1.16. The number of sulfone groups is 1. The van der Waals surface area contributed by atoms with E-state index in [2.05, 4.69) is 0 Å². The fraction of sp³-hybridized carbons (Fsp3) is 0.533. The number of hydrogen-bond acceptors (Lipinski definition) is 5. The van der Waals surface area contributed by atoms with E-state index in [0.29, 0.717) is 6.42 Å². The summed E-state index contributed by atoms with van der Waals surface area (Å²) in [6.07, 6.45) is 1.81. The highest BCUT2D eigenvalue weighted by Crippen LogP contribution is 2.32. The Balaban J connectivity index is 1.93. The zero-order valence-corrected chi connectivity index (χ0v) is 13.9. The van der Waals surface area contributed by atoms with Gasteiger partial charge in [0.05, 0.1) is 5.75 Å². The lowest BCUT2D eigenvalue weighted by Gasteiger charge is -2.25. The summed E-state index contributed by atoms with van der Waals surface area (Å²) in [5, 5.41) is 0. The molecule has 0 saturated carbocycles. The molecule has 0 saturated heterocycles. The number of fused-ring (bicyclic) bond motifs is 1. The predicted octanol–water partition coefficient (Wildman–Crippen LogP) is 1.24. The van der Waals surface area contributed by atoms with Crippen molar-refractivity contribution in [2.45, 2.75) is 25.8 Å². The SMILES string of the molecule is CC(Cc1ccc2c(c1)OCO2)N(C)C(=O)CCS(C)(=O)=O. The first-order valence-electron chi connectivity index (χ1n) is 7.08. The van der Waals surface area contributed by atoms with Crippen molar-refractivity contribution < 1.29 is 22.7 Å². The summed E-state index contributed by atoms with van der Waals surface area (Å²) in [5.41, 5.74) is 1.04. The number of likely N-dealkylation sites (N-methyl/N-ethyl adjacent to an activating group) is 1. The van der Waals surface area contributed by atoms with Crippen LogP contribution < -0.4 is 9.47 Å². The molecule has 0 aliphatic carbocycles. The largest absolute Gasteiger partial charge is 0.454 e. The monoisotopic (exact) mass is 327 g/mol. The minimum Gasteiger partial charge on any atom is -0.454 e. The molecule has 1 aliphatic heterocycles. The van der Waals surface area contributed by atoms with Crippen molar-refractivity contribution in [1.82, 2.24) is 4.90 Å². The van der Waals surface area contributed by atoms with E-state index in [-0.39, 0.29) is 30.9 Å². The topological polar surface area (TPSA) is 72.9 Å². The number of amides is 1. The molecule has 6 nitrogen and oxygen atoms in total. The zero-order valence-electron chi connectivity index (χ0n) is 13.0. The first kappa shape index (κ1) is 16.6. The van der Waals surface area contributed by atoms with E-state index in [1.54, 1.807) is 11.9 Å². The predicted molar refractivity (Wildman–Crippen MR) is 82.8 cm³/mol. The zero-order chi connectivity index (χ0) is 16.3. The Labute approximate surface area is 130 Å². The van der Waals surface area contributed by atoms with Crippen LogP contribution in [0.25, 0.3) is 0 Å². The fourth-order valence-electron chi connectivity index (χ4n) is 2.24. The molecule has 0 N–H and O–H groups in total. The van der Waals surface area contributed by atoms with Crippen molar-refractivity contribution in [2.75, 3.05) is 25.8 Å². The third-order valence-electron chi connectivity index (χ3n) is 3.71. The number of rotatable bonds is 6. The summed E-state index contributed by atoms with van der Waals surface area (Å²) < 4.78 is 32.9. The molecule has 2 rings (SSSR count). The lowest BCUT2D eigenvalue weighted by molar-refractivity contribution is -0.131. The standard InChI is InChI=1S/C15H21NO5S/c1-11(16(2)15(17)6-7-22(3,18)19)8-12-4-5-13-14(9-12)21-10-20-13/h4-5,9,11H,6-8,10H2,1-3H3. The molecule has 0 fully saturated rings. The fourth-order valence-corrected chi connectivity index (χ4v) is 2.79. The van der Waals surface area contributed by atoms with Gasteiger partial charge in [0.25, 0.3) is 0 Å². The maximum Gasteiger partial charge on any atom is 0.231 e. The normalized spacial score (nSPS) is 14.7. The van der Waals surface area contributed by atoms with E-state index < -0.39 is 9.84 Å². The van der Waals surface area contributed by atoms with Crippen LogP contribution in [0, 0.1) is 0 Å². The quantitative estimate of drug-likeness (QED) is 0.786. The number of benzene rings is 1. The highest BCUT2D eigenvalue weighted by molar-refractivity contribution is 7.90. The Bertz CT molecular complexity index is 656. The molecule has 0 bridgehead atoms. The maximum absolute atomic E-state index is 12.0. The van der Waals surface area contributed by atoms with Gasteiger partial charge in [0, 0.05) is 25.8 Å². The van der Waals surface area contributed by atoms with Crippen molar-refractivity contribution in [3.05, 3.63) is 23.8 Å². The van der Waals surface area contributed by atoms with Crippen molar-refractivity contribution in [1.29, 1.82) is 0 Å². The second-order valence-corrected chi connectivity index (χ2v) is 7.89. The number of carbonyl (C=O) groups is 1. The lowest BCUT2D eigenvalue weighted by atomic mass is 10.1. The molecule has 0 spiro atoms. The summed E-state index contributed by atoms with van der Waals surface area (Å²) in [7, 11) is -1.43. The Morgan fingerprint density at radius 3 is 2.68 bits per heavy atom. The molecule has 1 atom stereocenters. The van der Waals surface area contributed by atoms with Crippen molar-refractivity contribution in [2.24, 2.45) is 0 Å². The van der Waals surface area contributed by atoms with Gasteiger partial charge < -0.3 is 14.4 Å². The molecular weight excluding hydrogens is 306 g/mol. The van der Waals surface area contributed by atoms with Crippen LogP contribution in [0.2, 0.25) is 0 Å². The van der Waals surface area contributed by atoms with Crippen LogP contribution in [-0.4, -0.2) is 51.1 Å². The van der Waals surface area contributed by atoms with Gasteiger partial charge in [-0.3, -0.25) is 4.79 Å². The minimum absolute atomic E-state index is 0.0147. The number of ether oxygens (including phenoxy) is 2. The molecule has 0 aromatic heterocycles. The summed E-state index contributed by atoms with van der Waals surface area (Å²) in [6, 6.07) is 5.68. The molecule has 0 radical (unpaired) electrons. The Morgan fingerprint density at radius 2 is 2.00 bits per heavy atom. The smallest absolute Gasteiger partial charge is 0.231 e. The summed E-state index contributed by atoms with van der Waals surface area (Å²) in [6.45, 7) is 2.17. The molecule has 22 heavy (non-hydrogen) atoms. The summed E-state index contributed by atoms with van der Waals surface area (Å²) >= 11 is 0. The van der Waals surface area contributed by atoms with Crippen LogP contribution in [-0.2, 0) is 21.1 Å². The molecule has 1 unspecified atom stereocenters. The average molecular weight is 327 g/mol. The second kappa shape index (κ2) is 6.56. The van der Waals surface area contributed by atoms with Gasteiger partial charge in [-0.1, -0.05) is 6.07 Å². The van der Waals surface area contributed by atoms with Gasteiger partial charge in [-0.15, -0.1) is 0 Å². The summed E-state index contributed by atoms with van der Waals surface area (Å²) in [4.78, 5) is 13.6. The molecule has 1 amide bonds. The second-order valence-electron chi connectivity index (χ2n) is 5.63. The highest BCUT2D eigenvalue weighted by Gasteiger charge is 2.19. The maximum atomic E-state index is 12.0. The number of carbonyl (C=O) groups excluding carboxylic acids is 1. The van der Waals surface area contributed by atoms with Crippen LogP contribution in [0.4, 0.5) is 0 Å². The Kier molecular flexibility index (Phi) is 4.95. The van der Waals surface area contributed by atoms with Gasteiger partial charge in [0.15, 0.2) is 11.5 Å². The molecule has 7 heteroatoms. The van der Waals surface area contributed by atoms with Gasteiger partial charge in [0.1, 0.15) is 9.84 Å². The van der Waals surface area contributed by atoms with Crippen LogP contribution in [0.3, 0.4) is 0 Å². The van der Waals surface area contributed by atoms with Gasteiger partial charge in [0.2, 0.25) is 12.7 Å². The Morgan fingerprint density at radius 1 is 1.32 bits per heavy atom. The van der Waals surface area contributed by atoms with Crippen molar-refractivity contribution in [3.8, 4) is 11.5 Å². The van der Waals surface area contributed by atoms with E-state index >= 15 is 0 Å². The van der Waals surface area contributed by atoms with Gasteiger partial charge in [-0.05, 0) is 31.0 Å². The molecular formula is C15H21NO5S. The highest BCUT2D eigenvalue weighted by atomic mass is 32.2. The molecule has 1 aliphatic rings. The van der Waals surface area contributed by atoms with E-state index in [0.717, 1.165) is 23.3 Å². The molecule has 122 valence electrons. The number of hydrogen-bond donors (Lipinski definition) is 0. The van der Waals surface area contributed by atoms with E-state index in [1.165, 1.54) is 0 Å². The van der Waals surface area contributed by atoms with E-state index in [9.17, 15) is 13.2 Å². The molecule has 1 aromatic carbocycles. The lowest BCUT2D eigenvalue weighted by Crippen LogP contribution is -2.37. The van der Waals surface area contributed by atoms with Crippen molar-refractivity contribution in [3.63, 3.8) is 0 Å². The van der Waals surface area contributed by atoms with E-state index in [1.807, 2.05) is 25.1 Å². The van der Waals surface area contributed by atoms with Gasteiger partial charge >= 0.3 is 0 Å². The minimum atomic E-state index is -3.12. The average Bonchev–Trinajstić information content (AvgIpc) is 2.90. The van der Waals surface area contributed by atoms with Gasteiger partial charge in [-0.2, -0.15) is 0 Å².